The molecule has 0 aliphatic rings. The summed E-state index contributed by atoms with van der Waals surface area (Å²) in [6.45, 7) is 9.91. The normalized spacial score (nSPS) is 12.2. The number of aromatic nitrogens is 1. The minimum atomic E-state index is -0.00591. The van der Waals surface area contributed by atoms with Crippen LogP contribution in [0.4, 0.5) is 5.82 Å². The molecule has 0 aliphatic heterocycles. The highest BCUT2D eigenvalue weighted by Gasteiger charge is 2.11. The van der Waals surface area contributed by atoms with Gasteiger partial charge in [-0.2, -0.15) is 0 Å². The van der Waals surface area contributed by atoms with Crippen LogP contribution in [0.2, 0.25) is 0 Å². The molecule has 5 nitrogen and oxygen atoms in total. The maximum absolute atomic E-state index is 4.62. The summed E-state index contributed by atoms with van der Waals surface area (Å²) in [5.41, 5.74) is 1.14. The molecule has 2 N–H and O–H groups in total. The molecule has 1 rings (SSSR count). The summed E-state index contributed by atoms with van der Waals surface area (Å²) < 4.78 is 0. The number of pyridine rings is 1. The summed E-state index contributed by atoms with van der Waals surface area (Å²) in [5.74, 6) is 1.79. The lowest BCUT2D eigenvalue weighted by Crippen LogP contribution is -2.47. The maximum atomic E-state index is 4.62. The Labute approximate surface area is 122 Å². The second-order valence-corrected chi connectivity index (χ2v) is 5.99. The van der Waals surface area contributed by atoms with Gasteiger partial charge in [0.1, 0.15) is 5.82 Å². The third-order valence-corrected chi connectivity index (χ3v) is 2.53. The fourth-order valence-corrected chi connectivity index (χ4v) is 1.64. The van der Waals surface area contributed by atoms with Gasteiger partial charge >= 0.3 is 0 Å². The lowest BCUT2D eigenvalue weighted by molar-refractivity contribution is 0.501. The Hall–Kier alpha value is -1.78. The van der Waals surface area contributed by atoms with Gasteiger partial charge in [-0.15, -0.1) is 0 Å². The largest absolute Gasteiger partial charge is 0.363 e. The van der Waals surface area contributed by atoms with Crippen LogP contribution in [-0.2, 0) is 6.54 Å². The highest BCUT2D eigenvalue weighted by Crippen LogP contribution is 2.10. The molecule has 1 aromatic rings. The predicted molar refractivity (Wildman–Crippen MR) is 86.3 cm³/mol. The number of nitrogens with one attached hydrogen (secondary N) is 2. The van der Waals surface area contributed by atoms with Gasteiger partial charge in [0.15, 0.2) is 5.96 Å². The molecule has 0 bridgehead atoms. The molecule has 0 saturated carbocycles. The minimum Gasteiger partial charge on any atom is -0.363 e. The van der Waals surface area contributed by atoms with Gasteiger partial charge in [0.05, 0.1) is 6.54 Å². The van der Waals surface area contributed by atoms with E-state index in [9.17, 15) is 0 Å². The number of guanidine groups is 1. The fraction of sp³-hybridized carbons (Fsp3) is 0.600. The summed E-state index contributed by atoms with van der Waals surface area (Å²) >= 11 is 0. The van der Waals surface area contributed by atoms with Crippen molar-refractivity contribution in [1.29, 1.82) is 0 Å². The zero-order valence-corrected chi connectivity index (χ0v) is 13.5. The van der Waals surface area contributed by atoms with E-state index in [0.29, 0.717) is 6.54 Å². The monoisotopic (exact) mass is 277 g/mol. The van der Waals surface area contributed by atoms with Gasteiger partial charge in [-0.05, 0) is 45.4 Å². The van der Waals surface area contributed by atoms with Gasteiger partial charge in [0.2, 0.25) is 0 Å². The molecule has 1 heterocycles. The molecule has 0 spiro atoms. The Morgan fingerprint density at radius 2 is 2.05 bits per heavy atom. The van der Waals surface area contributed by atoms with Crippen molar-refractivity contribution in [2.45, 2.75) is 39.8 Å². The molecule has 0 unspecified atom stereocenters. The van der Waals surface area contributed by atoms with Gasteiger partial charge < -0.3 is 15.5 Å². The SMILES string of the molecule is CCNC(=NCc1ccnc(N(C)C)c1)NC(C)(C)C. The van der Waals surface area contributed by atoms with E-state index in [-0.39, 0.29) is 5.54 Å². The molecule has 1 aromatic heterocycles. The topological polar surface area (TPSA) is 52.6 Å². The first-order chi connectivity index (χ1) is 9.31. The summed E-state index contributed by atoms with van der Waals surface area (Å²) in [5, 5.41) is 6.64. The number of rotatable bonds is 4. The second-order valence-electron chi connectivity index (χ2n) is 5.99. The van der Waals surface area contributed by atoms with E-state index in [4.69, 9.17) is 0 Å². The molecule has 0 radical (unpaired) electrons. The van der Waals surface area contributed by atoms with Crippen LogP contribution in [0.1, 0.15) is 33.3 Å². The van der Waals surface area contributed by atoms with Crippen molar-refractivity contribution in [3.8, 4) is 0 Å². The first-order valence-electron chi connectivity index (χ1n) is 7.00. The smallest absolute Gasteiger partial charge is 0.191 e. The van der Waals surface area contributed by atoms with Crippen LogP contribution in [0.15, 0.2) is 23.3 Å². The van der Waals surface area contributed by atoms with Crippen molar-refractivity contribution in [2.75, 3.05) is 25.5 Å². The van der Waals surface area contributed by atoms with E-state index in [0.717, 1.165) is 23.9 Å². The van der Waals surface area contributed by atoms with E-state index in [1.54, 1.807) is 0 Å². The predicted octanol–water partition coefficient (Wildman–Crippen LogP) is 2.00. The van der Waals surface area contributed by atoms with Crippen molar-refractivity contribution < 1.29 is 0 Å². The third kappa shape index (κ3) is 5.91. The van der Waals surface area contributed by atoms with Crippen molar-refractivity contribution in [3.63, 3.8) is 0 Å². The standard InChI is InChI=1S/C15H27N5/c1-7-16-14(19-15(2,3)4)18-11-12-8-9-17-13(10-12)20(5)6/h8-10H,7,11H2,1-6H3,(H2,16,18,19). The number of hydrogen-bond donors (Lipinski definition) is 2. The number of anilines is 1. The zero-order valence-electron chi connectivity index (χ0n) is 13.5. The van der Waals surface area contributed by atoms with Crippen LogP contribution < -0.4 is 15.5 Å². The van der Waals surface area contributed by atoms with Crippen molar-refractivity contribution >= 4 is 11.8 Å². The van der Waals surface area contributed by atoms with Crippen molar-refractivity contribution in [1.82, 2.24) is 15.6 Å². The Balaban J connectivity index is 2.78. The van der Waals surface area contributed by atoms with E-state index in [1.165, 1.54) is 0 Å². The van der Waals surface area contributed by atoms with Crippen LogP contribution in [0.25, 0.3) is 0 Å². The van der Waals surface area contributed by atoms with Crippen molar-refractivity contribution in [2.24, 2.45) is 4.99 Å². The Morgan fingerprint density at radius 3 is 2.60 bits per heavy atom. The maximum Gasteiger partial charge on any atom is 0.191 e. The molecule has 0 atom stereocenters. The number of hydrogen-bond acceptors (Lipinski definition) is 3. The van der Waals surface area contributed by atoms with Crippen LogP contribution in [0, 0.1) is 0 Å². The van der Waals surface area contributed by atoms with Crippen LogP contribution >= 0.6 is 0 Å². The van der Waals surface area contributed by atoms with Gasteiger partial charge in [0.25, 0.3) is 0 Å². The van der Waals surface area contributed by atoms with Crippen molar-refractivity contribution in [3.05, 3.63) is 23.9 Å². The van der Waals surface area contributed by atoms with Gasteiger partial charge in [-0.25, -0.2) is 9.98 Å². The molecule has 0 aliphatic carbocycles. The van der Waals surface area contributed by atoms with E-state index in [1.807, 2.05) is 31.3 Å². The van der Waals surface area contributed by atoms with Gasteiger partial charge in [0, 0.05) is 32.4 Å². The Morgan fingerprint density at radius 1 is 1.35 bits per heavy atom. The molecule has 20 heavy (non-hydrogen) atoms. The average molecular weight is 277 g/mol. The highest BCUT2D eigenvalue weighted by atomic mass is 15.2. The fourth-order valence-electron chi connectivity index (χ4n) is 1.64. The zero-order chi connectivity index (χ0) is 15.2. The highest BCUT2D eigenvalue weighted by molar-refractivity contribution is 5.80. The molecule has 0 saturated heterocycles. The molecular formula is C15H27N5. The first kappa shape index (κ1) is 16.3. The summed E-state index contributed by atoms with van der Waals surface area (Å²) in [6.07, 6.45) is 1.82. The van der Waals surface area contributed by atoms with E-state index in [2.05, 4.69) is 54.4 Å². The molecule has 112 valence electrons. The van der Waals surface area contributed by atoms with Crippen LogP contribution in [0.5, 0.6) is 0 Å². The summed E-state index contributed by atoms with van der Waals surface area (Å²) in [7, 11) is 3.97. The van der Waals surface area contributed by atoms with Gasteiger partial charge in [-0.3, -0.25) is 0 Å². The third-order valence-electron chi connectivity index (χ3n) is 2.53. The molecule has 0 amide bonds. The number of nitrogens with zero attached hydrogens (tertiary/aromatic N) is 3. The van der Waals surface area contributed by atoms with Crippen LogP contribution in [-0.4, -0.2) is 37.1 Å². The van der Waals surface area contributed by atoms with Crippen LogP contribution in [0.3, 0.4) is 0 Å². The van der Waals surface area contributed by atoms with E-state index >= 15 is 0 Å². The molecule has 0 aromatic carbocycles. The minimum absolute atomic E-state index is 0.00591. The van der Waals surface area contributed by atoms with Gasteiger partial charge in [-0.1, -0.05) is 0 Å². The first-order valence-corrected chi connectivity index (χ1v) is 7.00. The quantitative estimate of drug-likeness (QED) is 0.653. The number of aliphatic imine (C=N–C) groups is 1. The second kappa shape index (κ2) is 7.12. The lowest BCUT2D eigenvalue weighted by Gasteiger charge is -2.23. The average Bonchev–Trinajstić information content (AvgIpc) is 2.35. The lowest BCUT2D eigenvalue weighted by atomic mass is 10.1. The Bertz CT molecular complexity index is 446. The summed E-state index contributed by atoms with van der Waals surface area (Å²) in [6, 6.07) is 4.06. The van der Waals surface area contributed by atoms with E-state index < -0.39 is 0 Å². The Kier molecular flexibility index (Phi) is 5.80. The molecular weight excluding hydrogens is 250 g/mol. The molecule has 5 heteroatoms. The molecule has 0 fully saturated rings. The summed E-state index contributed by atoms with van der Waals surface area (Å²) in [4.78, 5) is 10.9.